The minimum absolute atomic E-state index is 0. The minimum Gasteiger partial charge on any atom is -1.00 e. The number of aliphatic hydroxyl groups is 1. The third-order valence-corrected chi connectivity index (χ3v) is 5.67. The molecule has 3 atom stereocenters. The van der Waals surface area contributed by atoms with Gasteiger partial charge in [0.15, 0.2) is 6.10 Å². The van der Waals surface area contributed by atoms with Crippen LogP contribution < -0.4 is 12.4 Å². The first-order valence-electron chi connectivity index (χ1n) is 9.62. The molecule has 0 aromatic heterocycles. The molecule has 0 aliphatic carbocycles. The number of halogens is 1. The summed E-state index contributed by atoms with van der Waals surface area (Å²) in [6, 6.07) is 0.456. The van der Waals surface area contributed by atoms with Crippen LogP contribution in [-0.2, 0) is 0 Å². The summed E-state index contributed by atoms with van der Waals surface area (Å²) in [5, 5.41) is 9.63. The third-order valence-electron chi connectivity index (χ3n) is 5.67. The molecular formula is C19H40ClNO. The highest BCUT2D eigenvalue weighted by atomic mass is 35.5. The third kappa shape index (κ3) is 8.17. The van der Waals surface area contributed by atoms with Crippen LogP contribution in [0.2, 0.25) is 0 Å². The van der Waals surface area contributed by atoms with Gasteiger partial charge in [0.2, 0.25) is 0 Å². The quantitative estimate of drug-likeness (QED) is 0.403. The van der Waals surface area contributed by atoms with Gasteiger partial charge in [0.1, 0.15) is 12.6 Å². The van der Waals surface area contributed by atoms with Crippen molar-refractivity contribution in [3.8, 4) is 0 Å². The van der Waals surface area contributed by atoms with Gasteiger partial charge in [-0.15, -0.1) is 0 Å². The fraction of sp³-hybridized carbons (Fsp3) is 1.00. The number of rotatable bonds is 13. The zero-order valence-electron chi connectivity index (χ0n) is 15.3. The van der Waals surface area contributed by atoms with Crippen molar-refractivity contribution in [3.05, 3.63) is 0 Å². The van der Waals surface area contributed by atoms with E-state index in [0.29, 0.717) is 6.04 Å². The van der Waals surface area contributed by atoms with E-state index in [4.69, 9.17) is 0 Å². The average molecular weight is 334 g/mol. The van der Waals surface area contributed by atoms with Crippen molar-refractivity contribution < 1.29 is 22.0 Å². The second-order valence-corrected chi connectivity index (χ2v) is 7.58. The molecule has 1 aliphatic rings. The summed E-state index contributed by atoms with van der Waals surface area (Å²) in [6.07, 6.45) is 17.0. The maximum atomic E-state index is 9.63. The van der Waals surface area contributed by atoms with Gasteiger partial charge in [0.25, 0.3) is 0 Å². The lowest BCUT2D eigenvalue weighted by Crippen LogP contribution is -3.00. The molecule has 3 heteroatoms. The second-order valence-electron chi connectivity index (χ2n) is 7.58. The van der Waals surface area contributed by atoms with Gasteiger partial charge in [-0.1, -0.05) is 71.1 Å². The van der Waals surface area contributed by atoms with Crippen molar-refractivity contribution in [3.63, 3.8) is 0 Å². The summed E-state index contributed by atoms with van der Waals surface area (Å²) in [7, 11) is 2.30. The number of quaternary nitrogens is 1. The van der Waals surface area contributed by atoms with Gasteiger partial charge in [-0.2, -0.15) is 0 Å². The van der Waals surface area contributed by atoms with Gasteiger partial charge in [-0.3, -0.25) is 0 Å². The number of hydrogen-bond donors (Lipinski definition) is 1. The van der Waals surface area contributed by atoms with E-state index in [1.165, 1.54) is 83.6 Å². The van der Waals surface area contributed by atoms with Crippen LogP contribution in [0.4, 0.5) is 0 Å². The molecule has 0 aromatic carbocycles. The summed E-state index contributed by atoms with van der Waals surface area (Å²) in [5.74, 6) is 0. The summed E-state index contributed by atoms with van der Waals surface area (Å²) in [5.41, 5.74) is 0. The fourth-order valence-corrected chi connectivity index (χ4v) is 3.63. The fourth-order valence-electron chi connectivity index (χ4n) is 3.63. The molecule has 1 N–H and O–H groups in total. The Bertz CT molecular complexity index is 262. The molecule has 2 nitrogen and oxygen atoms in total. The Morgan fingerprint density at radius 3 is 1.59 bits per heavy atom. The standard InChI is InChI=1S/C19H40NO.ClH/c1-4-5-6-7-8-9-10-11-12-13-14-15-16-20(3)17-19(21)18(20)2;/h18-19,21H,4-17H2,1-3H3;1H/q+1;/p-1. The zero-order valence-corrected chi connectivity index (χ0v) is 16.1. The highest BCUT2D eigenvalue weighted by Crippen LogP contribution is 2.27. The molecule has 1 heterocycles. The maximum Gasteiger partial charge on any atom is 0.154 e. The van der Waals surface area contributed by atoms with E-state index in [-0.39, 0.29) is 18.5 Å². The number of likely N-dealkylation sites (N-methyl/N-ethyl adjacent to an activating group) is 1. The van der Waals surface area contributed by atoms with E-state index >= 15 is 0 Å². The molecule has 0 spiro atoms. The molecular weight excluding hydrogens is 294 g/mol. The SMILES string of the molecule is CCCCCCCCCCCCCC[N+]1(C)CC(O)C1C.[Cl-]. The van der Waals surface area contributed by atoms with Crippen molar-refractivity contribution in [2.24, 2.45) is 0 Å². The normalized spacial score (nSPS) is 27.3. The van der Waals surface area contributed by atoms with E-state index in [1.807, 2.05) is 0 Å². The minimum atomic E-state index is -0.0488. The Balaban J connectivity index is 0.00000441. The van der Waals surface area contributed by atoms with Crippen LogP contribution in [0.25, 0.3) is 0 Å². The van der Waals surface area contributed by atoms with Gasteiger partial charge in [0, 0.05) is 0 Å². The lowest BCUT2D eigenvalue weighted by Gasteiger charge is -2.51. The van der Waals surface area contributed by atoms with Crippen molar-refractivity contribution in [1.82, 2.24) is 0 Å². The van der Waals surface area contributed by atoms with Gasteiger partial charge in [-0.25, -0.2) is 0 Å². The monoisotopic (exact) mass is 333 g/mol. The molecule has 0 aromatic rings. The molecule has 1 rings (SSSR count). The van der Waals surface area contributed by atoms with E-state index in [2.05, 4.69) is 20.9 Å². The van der Waals surface area contributed by atoms with Gasteiger partial charge in [0.05, 0.1) is 13.6 Å². The van der Waals surface area contributed by atoms with Crippen molar-refractivity contribution in [2.45, 2.75) is 103 Å². The first-order valence-corrected chi connectivity index (χ1v) is 9.62. The van der Waals surface area contributed by atoms with Gasteiger partial charge < -0.3 is 22.0 Å². The molecule has 1 saturated heterocycles. The maximum absolute atomic E-state index is 9.63. The molecule has 0 saturated carbocycles. The zero-order chi connectivity index (χ0) is 15.6. The number of nitrogens with zero attached hydrogens (tertiary/aromatic N) is 1. The number of aliphatic hydroxyl groups excluding tert-OH is 1. The lowest BCUT2D eigenvalue weighted by molar-refractivity contribution is -0.980. The van der Waals surface area contributed by atoms with Gasteiger partial charge in [-0.05, 0) is 19.8 Å². The average Bonchev–Trinajstić information content (AvgIpc) is 2.48. The van der Waals surface area contributed by atoms with Crippen molar-refractivity contribution in [2.75, 3.05) is 20.1 Å². The highest BCUT2D eigenvalue weighted by molar-refractivity contribution is 4.75. The molecule has 1 aliphatic heterocycles. The van der Waals surface area contributed by atoms with Gasteiger partial charge >= 0.3 is 0 Å². The lowest BCUT2D eigenvalue weighted by atomic mass is 9.96. The van der Waals surface area contributed by atoms with Crippen molar-refractivity contribution >= 4 is 0 Å². The Morgan fingerprint density at radius 2 is 1.23 bits per heavy atom. The largest absolute Gasteiger partial charge is 1.00 e. The van der Waals surface area contributed by atoms with E-state index < -0.39 is 0 Å². The van der Waals surface area contributed by atoms with Crippen LogP contribution in [0.1, 0.15) is 90.9 Å². The Morgan fingerprint density at radius 1 is 0.818 bits per heavy atom. The summed E-state index contributed by atoms with van der Waals surface area (Å²) in [4.78, 5) is 0. The first kappa shape index (κ1) is 22.2. The van der Waals surface area contributed by atoms with Crippen molar-refractivity contribution in [1.29, 1.82) is 0 Å². The molecule has 22 heavy (non-hydrogen) atoms. The number of unbranched alkanes of at least 4 members (excludes halogenated alkanes) is 11. The predicted molar refractivity (Wildman–Crippen MR) is 92.5 cm³/mol. The Hall–Kier alpha value is 0.210. The highest BCUT2D eigenvalue weighted by Gasteiger charge is 2.46. The number of hydrogen-bond acceptors (Lipinski definition) is 1. The molecule has 0 bridgehead atoms. The van der Waals surface area contributed by atoms with Crippen LogP contribution in [0.3, 0.4) is 0 Å². The topological polar surface area (TPSA) is 20.2 Å². The predicted octanol–water partition coefficient (Wildman–Crippen LogP) is 1.90. The molecule has 0 radical (unpaired) electrons. The smallest absolute Gasteiger partial charge is 0.154 e. The van der Waals surface area contributed by atoms with Crippen LogP contribution in [0.15, 0.2) is 0 Å². The van der Waals surface area contributed by atoms with E-state index in [1.54, 1.807) is 0 Å². The Kier molecular flexibility index (Phi) is 12.7. The number of likely N-dealkylation sites (tertiary alicyclic amines) is 1. The Labute approximate surface area is 145 Å². The molecule has 134 valence electrons. The van der Waals surface area contributed by atoms with Crippen LogP contribution in [0.5, 0.6) is 0 Å². The van der Waals surface area contributed by atoms with E-state index in [0.717, 1.165) is 11.0 Å². The molecule has 1 fully saturated rings. The second kappa shape index (κ2) is 12.6. The van der Waals surface area contributed by atoms with E-state index in [9.17, 15) is 5.11 Å². The molecule has 3 unspecified atom stereocenters. The van der Waals surface area contributed by atoms with Crippen LogP contribution in [-0.4, -0.2) is 41.9 Å². The summed E-state index contributed by atoms with van der Waals surface area (Å²) in [6.45, 7) is 6.70. The van der Waals surface area contributed by atoms with Crippen LogP contribution in [0, 0.1) is 0 Å². The molecule has 0 amide bonds. The summed E-state index contributed by atoms with van der Waals surface area (Å²) >= 11 is 0. The first-order chi connectivity index (χ1) is 10.1. The summed E-state index contributed by atoms with van der Waals surface area (Å²) < 4.78 is 1.10. The van der Waals surface area contributed by atoms with Crippen LogP contribution >= 0.6 is 0 Å².